The minimum Gasteiger partial charge on any atom is -0.351 e. The minimum absolute atomic E-state index is 0.134. The first-order chi connectivity index (χ1) is 15.0. The topological polar surface area (TPSA) is 54.2 Å². The highest BCUT2D eigenvalue weighted by Gasteiger charge is 2.34. The number of hydrogen-bond donors (Lipinski definition) is 1. The molecule has 1 aromatic carbocycles. The maximum Gasteiger partial charge on any atom is 0.258 e. The Morgan fingerprint density at radius 3 is 2.65 bits per heavy atom. The van der Waals surface area contributed by atoms with Crippen LogP contribution in [0.15, 0.2) is 52.0 Å². The molecule has 3 aromatic rings. The molecule has 1 unspecified atom stereocenters. The van der Waals surface area contributed by atoms with Crippen LogP contribution in [-0.4, -0.2) is 26.7 Å². The van der Waals surface area contributed by atoms with E-state index in [1.165, 1.54) is 5.56 Å². The summed E-state index contributed by atoms with van der Waals surface area (Å²) in [7, 11) is 0. The fourth-order valence-corrected chi connectivity index (χ4v) is 4.74. The lowest BCUT2D eigenvalue weighted by Crippen LogP contribution is -2.46. The molecule has 7 heteroatoms. The van der Waals surface area contributed by atoms with Crippen LogP contribution in [0.5, 0.6) is 0 Å². The van der Waals surface area contributed by atoms with Crippen LogP contribution in [-0.2, 0) is 6.42 Å². The third-order valence-corrected chi connectivity index (χ3v) is 6.85. The molecule has 0 aliphatic carbocycles. The Bertz CT molecular complexity index is 1070. The summed E-state index contributed by atoms with van der Waals surface area (Å²) < 4.78 is 5.78. The second kappa shape index (κ2) is 9.32. The van der Waals surface area contributed by atoms with Gasteiger partial charge >= 0.3 is 0 Å². The van der Waals surface area contributed by atoms with E-state index in [1.807, 2.05) is 17.5 Å². The number of aryl methyl sites for hydroxylation is 1. The fourth-order valence-electron chi connectivity index (χ4n) is 3.75. The molecule has 0 bridgehead atoms. The molecule has 5 nitrogen and oxygen atoms in total. The van der Waals surface area contributed by atoms with Gasteiger partial charge in [-0.3, -0.25) is 0 Å². The number of thiocarbonyl (C=S) groups is 1. The summed E-state index contributed by atoms with van der Waals surface area (Å²) in [5.41, 5.74) is 4.49. The van der Waals surface area contributed by atoms with Gasteiger partial charge in [0.05, 0.1) is 16.5 Å². The molecule has 31 heavy (non-hydrogen) atoms. The number of benzene rings is 1. The highest BCUT2D eigenvalue weighted by atomic mass is 32.1. The molecule has 1 aliphatic heterocycles. The molecular formula is C24H28N4OS2. The van der Waals surface area contributed by atoms with Crippen molar-refractivity contribution >= 4 is 34.2 Å². The van der Waals surface area contributed by atoms with Crippen LogP contribution >= 0.6 is 23.6 Å². The van der Waals surface area contributed by atoms with Crippen LogP contribution in [0.1, 0.15) is 57.2 Å². The van der Waals surface area contributed by atoms with Crippen LogP contribution in [0.4, 0.5) is 0 Å². The fraction of sp³-hybridized carbons (Fsp3) is 0.375. The van der Waals surface area contributed by atoms with Gasteiger partial charge in [0.1, 0.15) is 0 Å². The number of nitrogens with zero attached hydrogens (tertiary/aromatic N) is 3. The number of nitrogens with one attached hydrogen (secondary N) is 1. The van der Waals surface area contributed by atoms with Crippen molar-refractivity contribution in [3.05, 3.63) is 64.5 Å². The van der Waals surface area contributed by atoms with Crippen molar-refractivity contribution in [2.45, 2.75) is 46.6 Å². The molecule has 0 amide bonds. The number of rotatable bonds is 7. The molecule has 0 radical (unpaired) electrons. The monoisotopic (exact) mass is 452 g/mol. The molecule has 1 aliphatic rings. The van der Waals surface area contributed by atoms with Gasteiger partial charge in [-0.05, 0) is 60.5 Å². The van der Waals surface area contributed by atoms with Gasteiger partial charge in [-0.25, -0.2) is 0 Å². The van der Waals surface area contributed by atoms with E-state index in [0.717, 1.165) is 46.2 Å². The first-order valence-electron chi connectivity index (χ1n) is 10.7. The third kappa shape index (κ3) is 4.57. The Labute approximate surface area is 193 Å². The Morgan fingerprint density at radius 1 is 1.23 bits per heavy atom. The van der Waals surface area contributed by atoms with Crippen LogP contribution in [0, 0.1) is 5.92 Å². The van der Waals surface area contributed by atoms with Gasteiger partial charge in [-0.2, -0.15) is 4.98 Å². The van der Waals surface area contributed by atoms with E-state index < -0.39 is 0 Å². The zero-order valence-electron chi connectivity index (χ0n) is 18.4. The summed E-state index contributed by atoms with van der Waals surface area (Å²) in [4.78, 5) is 7.91. The molecule has 162 valence electrons. The van der Waals surface area contributed by atoms with Crippen molar-refractivity contribution in [2.24, 2.45) is 5.92 Å². The van der Waals surface area contributed by atoms with E-state index in [-0.39, 0.29) is 6.04 Å². The van der Waals surface area contributed by atoms with Crippen molar-refractivity contribution in [3.63, 3.8) is 0 Å². The lowest BCUT2D eigenvalue weighted by molar-refractivity contribution is 0.390. The van der Waals surface area contributed by atoms with Gasteiger partial charge in [-0.15, -0.1) is 11.3 Å². The van der Waals surface area contributed by atoms with E-state index in [4.69, 9.17) is 21.7 Å². The summed E-state index contributed by atoms with van der Waals surface area (Å²) in [5, 5.41) is 10.6. The minimum atomic E-state index is -0.134. The Morgan fingerprint density at radius 2 is 2.00 bits per heavy atom. The second-order valence-electron chi connectivity index (χ2n) is 8.21. The average molecular weight is 453 g/mol. The van der Waals surface area contributed by atoms with Crippen LogP contribution in [0.3, 0.4) is 0 Å². The summed E-state index contributed by atoms with van der Waals surface area (Å²) >= 11 is 7.37. The van der Waals surface area contributed by atoms with E-state index >= 15 is 0 Å². The van der Waals surface area contributed by atoms with E-state index in [0.29, 0.717) is 17.6 Å². The molecule has 0 spiro atoms. The summed E-state index contributed by atoms with van der Waals surface area (Å²) in [6.07, 6.45) is 2.06. The van der Waals surface area contributed by atoms with Crippen molar-refractivity contribution in [2.75, 3.05) is 6.54 Å². The van der Waals surface area contributed by atoms with E-state index in [1.54, 1.807) is 11.3 Å². The lowest BCUT2D eigenvalue weighted by atomic mass is 9.93. The largest absolute Gasteiger partial charge is 0.351 e. The quantitative estimate of drug-likeness (QED) is 0.439. The predicted octanol–water partition coefficient (Wildman–Crippen LogP) is 6.07. The standard InChI is InChI=1S/C24H28N4OS2/c1-5-17-8-10-18(11-9-17)21-20(16(4)28(24(30)25-21)13-12-15(2)3)23-26-22(27-29-23)19-7-6-14-31-19/h6-11,14-15,21H,5,12-13H2,1-4H3,(H,25,30). The maximum absolute atomic E-state index is 5.78. The van der Waals surface area contributed by atoms with Crippen LogP contribution in [0.2, 0.25) is 0 Å². The molecule has 0 saturated carbocycles. The van der Waals surface area contributed by atoms with Crippen LogP contribution < -0.4 is 5.32 Å². The molecule has 1 atom stereocenters. The Balaban J connectivity index is 1.77. The lowest BCUT2D eigenvalue weighted by Gasteiger charge is -2.37. The zero-order chi connectivity index (χ0) is 22.0. The Kier molecular flexibility index (Phi) is 6.53. The smallest absolute Gasteiger partial charge is 0.258 e. The van der Waals surface area contributed by atoms with Gasteiger partial charge < -0.3 is 14.7 Å². The molecule has 0 fully saturated rings. The molecular weight excluding hydrogens is 424 g/mol. The Hall–Kier alpha value is -2.51. The third-order valence-electron chi connectivity index (χ3n) is 5.65. The van der Waals surface area contributed by atoms with Gasteiger partial charge in [-0.1, -0.05) is 56.3 Å². The number of aromatic nitrogens is 2. The second-order valence-corrected chi connectivity index (χ2v) is 9.55. The van der Waals surface area contributed by atoms with Gasteiger partial charge in [0.2, 0.25) is 5.82 Å². The van der Waals surface area contributed by atoms with Crippen LogP contribution in [0.25, 0.3) is 16.3 Å². The summed E-state index contributed by atoms with van der Waals surface area (Å²) in [6, 6.07) is 12.5. The van der Waals surface area contributed by atoms with E-state index in [9.17, 15) is 0 Å². The summed E-state index contributed by atoms with van der Waals surface area (Å²) in [6.45, 7) is 9.57. The van der Waals surface area contributed by atoms with Gasteiger partial charge in [0, 0.05) is 12.2 Å². The first kappa shape index (κ1) is 21.7. The maximum atomic E-state index is 5.78. The highest BCUT2D eigenvalue weighted by molar-refractivity contribution is 7.80. The number of thiophene rings is 1. The zero-order valence-corrected chi connectivity index (χ0v) is 20.0. The van der Waals surface area contributed by atoms with Crippen molar-refractivity contribution in [1.82, 2.24) is 20.4 Å². The average Bonchev–Trinajstić information content (AvgIpc) is 3.45. The van der Waals surface area contributed by atoms with Crippen molar-refractivity contribution in [1.29, 1.82) is 0 Å². The molecule has 0 saturated heterocycles. The number of hydrogen-bond acceptors (Lipinski definition) is 5. The molecule has 1 N–H and O–H groups in total. The predicted molar refractivity (Wildman–Crippen MR) is 131 cm³/mol. The molecule has 2 aromatic heterocycles. The van der Waals surface area contributed by atoms with Crippen molar-refractivity contribution in [3.8, 4) is 10.7 Å². The molecule has 4 rings (SSSR count). The van der Waals surface area contributed by atoms with E-state index in [2.05, 4.69) is 67.3 Å². The normalized spacial score (nSPS) is 16.9. The van der Waals surface area contributed by atoms with Gasteiger partial charge in [0.25, 0.3) is 5.89 Å². The number of allylic oxidation sites excluding steroid dienone is 1. The first-order valence-corrected chi connectivity index (χ1v) is 12.0. The van der Waals surface area contributed by atoms with Gasteiger partial charge in [0.15, 0.2) is 5.11 Å². The molecule has 3 heterocycles. The SMILES string of the molecule is CCc1ccc(C2NC(=S)N(CCC(C)C)C(C)=C2c2nc(-c3cccs3)no2)cc1. The van der Waals surface area contributed by atoms with Crippen molar-refractivity contribution < 1.29 is 4.52 Å². The highest BCUT2D eigenvalue weighted by Crippen LogP contribution is 2.38. The summed E-state index contributed by atoms with van der Waals surface area (Å²) in [5.74, 6) is 1.74.